The molecule has 122 valence electrons. The Bertz CT molecular complexity index is 491. The first-order valence-corrected chi connectivity index (χ1v) is 8.36. The van der Waals surface area contributed by atoms with Crippen LogP contribution in [0.25, 0.3) is 0 Å². The van der Waals surface area contributed by atoms with E-state index in [1.165, 1.54) is 23.9 Å². The van der Waals surface area contributed by atoms with Crippen LogP contribution >= 0.6 is 11.8 Å². The van der Waals surface area contributed by atoms with Crippen molar-refractivity contribution in [1.29, 1.82) is 0 Å². The summed E-state index contributed by atoms with van der Waals surface area (Å²) in [6.45, 7) is 6.22. The zero-order valence-corrected chi connectivity index (χ0v) is 14.1. The van der Waals surface area contributed by atoms with Gasteiger partial charge in [-0.1, -0.05) is 0 Å². The fourth-order valence-electron chi connectivity index (χ4n) is 1.86. The number of nitrogens with zero attached hydrogens (tertiary/aromatic N) is 1. The Balaban J connectivity index is 2.38. The largest absolute Gasteiger partial charge is 0.352 e. The third-order valence-corrected chi connectivity index (χ3v) is 3.93. The highest BCUT2D eigenvalue weighted by atomic mass is 32.2. The number of halogens is 1. The SMILES string of the molecule is CCN(CC(=O)NC(C)C)C(=O)CCSc1ccc(F)cc1. The molecule has 0 aliphatic rings. The molecule has 0 aliphatic heterocycles. The summed E-state index contributed by atoms with van der Waals surface area (Å²) in [4.78, 5) is 26.3. The van der Waals surface area contributed by atoms with E-state index in [1.807, 2.05) is 20.8 Å². The van der Waals surface area contributed by atoms with Crippen LogP contribution in [0.3, 0.4) is 0 Å². The molecule has 0 saturated carbocycles. The van der Waals surface area contributed by atoms with Crippen LogP contribution in [0.15, 0.2) is 29.2 Å². The van der Waals surface area contributed by atoms with E-state index in [-0.39, 0.29) is 30.2 Å². The zero-order chi connectivity index (χ0) is 16.5. The number of nitrogens with one attached hydrogen (secondary N) is 1. The lowest BCUT2D eigenvalue weighted by Crippen LogP contribution is -2.42. The topological polar surface area (TPSA) is 49.4 Å². The Morgan fingerprint density at radius 3 is 2.45 bits per heavy atom. The third kappa shape index (κ3) is 6.93. The molecule has 0 heterocycles. The van der Waals surface area contributed by atoms with E-state index in [1.54, 1.807) is 17.0 Å². The molecule has 4 nitrogen and oxygen atoms in total. The summed E-state index contributed by atoms with van der Waals surface area (Å²) in [5.41, 5.74) is 0. The summed E-state index contributed by atoms with van der Waals surface area (Å²) in [6.07, 6.45) is 0.352. The number of thioether (sulfide) groups is 1. The molecule has 0 saturated heterocycles. The van der Waals surface area contributed by atoms with Gasteiger partial charge in [-0.2, -0.15) is 0 Å². The Morgan fingerprint density at radius 1 is 1.27 bits per heavy atom. The lowest BCUT2D eigenvalue weighted by atomic mass is 10.3. The average Bonchev–Trinajstić information content (AvgIpc) is 2.46. The van der Waals surface area contributed by atoms with Crippen molar-refractivity contribution in [3.05, 3.63) is 30.1 Å². The van der Waals surface area contributed by atoms with Crippen molar-refractivity contribution in [3.63, 3.8) is 0 Å². The van der Waals surface area contributed by atoms with Gasteiger partial charge in [0.05, 0.1) is 6.54 Å². The average molecular weight is 326 g/mol. The first-order valence-electron chi connectivity index (χ1n) is 7.38. The second-order valence-electron chi connectivity index (χ2n) is 5.18. The van der Waals surface area contributed by atoms with Crippen LogP contribution in [-0.4, -0.2) is 41.6 Å². The van der Waals surface area contributed by atoms with Crippen molar-refractivity contribution in [2.24, 2.45) is 0 Å². The minimum atomic E-state index is -0.270. The van der Waals surface area contributed by atoms with Crippen molar-refractivity contribution in [1.82, 2.24) is 10.2 Å². The van der Waals surface area contributed by atoms with Gasteiger partial charge >= 0.3 is 0 Å². The van der Waals surface area contributed by atoms with Crippen LogP contribution in [0, 0.1) is 5.82 Å². The molecular formula is C16H23FN2O2S. The molecule has 2 amide bonds. The number of likely N-dealkylation sites (N-methyl/N-ethyl adjacent to an activating group) is 1. The summed E-state index contributed by atoms with van der Waals surface area (Å²) in [6, 6.07) is 6.25. The van der Waals surface area contributed by atoms with E-state index in [0.717, 1.165) is 4.90 Å². The Hall–Kier alpha value is -1.56. The molecule has 1 rings (SSSR count). The van der Waals surface area contributed by atoms with E-state index in [9.17, 15) is 14.0 Å². The van der Waals surface area contributed by atoms with Crippen LogP contribution in [0.5, 0.6) is 0 Å². The second kappa shape index (κ2) is 9.46. The Kier molecular flexibility index (Phi) is 7.95. The fourth-order valence-corrected chi connectivity index (χ4v) is 2.70. The number of hydrogen-bond acceptors (Lipinski definition) is 3. The van der Waals surface area contributed by atoms with Crippen LogP contribution in [-0.2, 0) is 9.59 Å². The van der Waals surface area contributed by atoms with Crippen molar-refractivity contribution in [3.8, 4) is 0 Å². The third-order valence-electron chi connectivity index (χ3n) is 2.92. The predicted molar refractivity (Wildman–Crippen MR) is 87.3 cm³/mol. The first kappa shape index (κ1) is 18.5. The highest BCUT2D eigenvalue weighted by molar-refractivity contribution is 7.99. The minimum absolute atomic E-state index is 0.0454. The lowest BCUT2D eigenvalue weighted by Gasteiger charge is -2.21. The van der Waals surface area contributed by atoms with Gasteiger partial charge in [0.2, 0.25) is 11.8 Å². The van der Waals surface area contributed by atoms with Gasteiger partial charge in [-0.25, -0.2) is 4.39 Å². The molecule has 0 aromatic heterocycles. The quantitative estimate of drug-likeness (QED) is 0.747. The van der Waals surface area contributed by atoms with Crippen molar-refractivity contribution >= 4 is 23.6 Å². The molecule has 0 fully saturated rings. The first-order chi connectivity index (χ1) is 10.4. The van der Waals surface area contributed by atoms with Gasteiger partial charge in [-0.3, -0.25) is 9.59 Å². The van der Waals surface area contributed by atoms with Gasteiger partial charge in [-0.05, 0) is 45.0 Å². The highest BCUT2D eigenvalue weighted by Gasteiger charge is 2.15. The second-order valence-corrected chi connectivity index (χ2v) is 6.35. The number of amides is 2. The lowest BCUT2D eigenvalue weighted by molar-refractivity contribution is -0.135. The summed E-state index contributed by atoms with van der Waals surface area (Å²) >= 11 is 1.50. The van der Waals surface area contributed by atoms with E-state index in [2.05, 4.69) is 5.32 Å². The Morgan fingerprint density at radius 2 is 1.91 bits per heavy atom. The maximum absolute atomic E-state index is 12.8. The molecule has 1 N–H and O–H groups in total. The van der Waals surface area contributed by atoms with E-state index in [4.69, 9.17) is 0 Å². The summed E-state index contributed by atoms with van der Waals surface area (Å²) < 4.78 is 12.8. The molecule has 6 heteroatoms. The van der Waals surface area contributed by atoms with Crippen LogP contribution in [0.2, 0.25) is 0 Å². The van der Waals surface area contributed by atoms with Crippen molar-refractivity contribution < 1.29 is 14.0 Å². The summed E-state index contributed by atoms with van der Waals surface area (Å²) in [5.74, 6) is 0.147. The zero-order valence-electron chi connectivity index (χ0n) is 13.3. The predicted octanol–water partition coefficient (Wildman–Crippen LogP) is 2.68. The van der Waals surface area contributed by atoms with Crippen molar-refractivity contribution in [2.75, 3.05) is 18.8 Å². The van der Waals surface area contributed by atoms with Gasteiger partial charge in [0.25, 0.3) is 0 Å². The summed E-state index contributed by atoms with van der Waals surface area (Å²) in [7, 11) is 0. The fraction of sp³-hybridized carbons (Fsp3) is 0.500. The van der Waals surface area contributed by atoms with Gasteiger partial charge < -0.3 is 10.2 Å². The molecular weight excluding hydrogens is 303 g/mol. The molecule has 0 spiro atoms. The standard InChI is InChI=1S/C16H23FN2O2S/c1-4-19(11-15(20)18-12(2)3)16(21)9-10-22-14-7-5-13(17)6-8-14/h5-8,12H,4,9-11H2,1-3H3,(H,18,20). The van der Waals surface area contributed by atoms with Gasteiger partial charge in [-0.15, -0.1) is 11.8 Å². The number of carbonyl (C=O) groups is 2. The maximum Gasteiger partial charge on any atom is 0.239 e. The monoisotopic (exact) mass is 326 g/mol. The molecule has 22 heavy (non-hydrogen) atoms. The molecule has 0 unspecified atom stereocenters. The normalized spacial score (nSPS) is 10.6. The van der Waals surface area contributed by atoms with Gasteiger partial charge in [0.1, 0.15) is 5.82 Å². The number of carbonyl (C=O) groups excluding carboxylic acids is 2. The van der Waals surface area contributed by atoms with E-state index in [0.29, 0.717) is 18.7 Å². The molecule has 0 aliphatic carbocycles. The smallest absolute Gasteiger partial charge is 0.239 e. The number of benzene rings is 1. The molecule has 0 atom stereocenters. The summed E-state index contributed by atoms with van der Waals surface area (Å²) in [5, 5.41) is 2.78. The van der Waals surface area contributed by atoms with Gasteiger partial charge in [0, 0.05) is 29.7 Å². The van der Waals surface area contributed by atoms with Crippen LogP contribution in [0.4, 0.5) is 4.39 Å². The molecule has 1 aromatic carbocycles. The van der Waals surface area contributed by atoms with Gasteiger partial charge in [0.15, 0.2) is 0 Å². The van der Waals surface area contributed by atoms with Crippen LogP contribution < -0.4 is 5.32 Å². The minimum Gasteiger partial charge on any atom is -0.352 e. The number of rotatable bonds is 8. The van der Waals surface area contributed by atoms with E-state index < -0.39 is 0 Å². The highest BCUT2D eigenvalue weighted by Crippen LogP contribution is 2.19. The van der Waals surface area contributed by atoms with Crippen LogP contribution in [0.1, 0.15) is 27.2 Å². The molecule has 0 bridgehead atoms. The Labute approximate surface area is 135 Å². The number of hydrogen-bond donors (Lipinski definition) is 1. The van der Waals surface area contributed by atoms with Crippen molar-refractivity contribution in [2.45, 2.75) is 38.1 Å². The molecule has 1 aromatic rings. The molecule has 0 radical (unpaired) electrons. The van der Waals surface area contributed by atoms with E-state index >= 15 is 0 Å². The maximum atomic E-state index is 12.8.